The molecule has 1 unspecified atom stereocenters. The molecule has 1 fully saturated rings. The molecule has 1 saturated heterocycles. The first kappa shape index (κ1) is 23.6. The predicted molar refractivity (Wildman–Crippen MR) is 118 cm³/mol. The zero-order chi connectivity index (χ0) is 18.8. The van der Waals surface area contributed by atoms with Gasteiger partial charge in [0.05, 0.1) is 5.92 Å². The molecule has 1 amide bonds. The minimum atomic E-state index is -0.207. The number of piperidine rings is 1. The molecule has 0 spiro atoms. The van der Waals surface area contributed by atoms with Crippen LogP contribution in [-0.2, 0) is 11.2 Å². The molecule has 1 atom stereocenters. The van der Waals surface area contributed by atoms with Crippen molar-refractivity contribution in [3.05, 3.63) is 35.6 Å². The van der Waals surface area contributed by atoms with Gasteiger partial charge in [-0.15, -0.1) is 24.0 Å². The number of aliphatic imine (C=N–C) groups is 1. The topological polar surface area (TPSA) is 82.8 Å². The molecule has 1 aliphatic rings. The zero-order valence-electron chi connectivity index (χ0n) is 15.9. The molecule has 27 heavy (non-hydrogen) atoms. The lowest BCUT2D eigenvalue weighted by Gasteiger charge is -2.31. The molecule has 8 heteroatoms. The number of rotatable bonds is 8. The first-order valence-corrected chi connectivity index (χ1v) is 9.29. The molecule has 1 heterocycles. The summed E-state index contributed by atoms with van der Waals surface area (Å²) in [5, 5.41) is 6.53. The number of carbonyl (C=O) groups excluding carboxylic acids is 1. The fourth-order valence-corrected chi connectivity index (χ4v) is 3.24. The summed E-state index contributed by atoms with van der Waals surface area (Å²) in [5.74, 6) is 0.348. The van der Waals surface area contributed by atoms with Crippen LogP contribution in [0.4, 0.5) is 4.39 Å². The van der Waals surface area contributed by atoms with Gasteiger partial charge in [0, 0.05) is 26.7 Å². The lowest BCUT2D eigenvalue weighted by Crippen LogP contribution is -2.43. The summed E-state index contributed by atoms with van der Waals surface area (Å²) in [5.41, 5.74) is 6.38. The van der Waals surface area contributed by atoms with Crippen LogP contribution in [0.5, 0.6) is 0 Å². The highest BCUT2D eigenvalue weighted by Gasteiger charge is 2.23. The molecular formula is C19H31FIN5O. The molecular weight excluding hydrogens is 460 g/mol. The van der Waals surface area contributed by atoms with Crippen LogP contribution in [0, 0.1) is 11.7 Å². The van der Waals surface area contributed by atoms with E-state index in [1.165, 1.54) is 6.07 Å². The Morgan fingerprint density at radius 2 is 2.15 bits per heavy atom. The first-order valence-electron chi connectivity index (χ1n) is 9.29. The number of primary amides is 1. The Morgan fingerprint density at radius 1 is 1.37 bits per heavy atom. The molecule has 4 N–H and O–H groups in total. The van der Waals surface area contributed by atoms with Crippen molar-refractivity contribution >= 4 is 35.8 Å². The van der Waals surface area contributed by atoms with Crippen molar-refractivity contribution in [3.63, 3.8) is 0 Å². The molecule has 0 bridgehead atoms. The van der Waals surface area contributed by atoms with Crippen LogP contribution in [0.1, 0.15) is 24.8 Å². The number of amides is 1. The third kappa shape index (κ3) is 8.87. The first-order chi connectivity index (χ1) is 12.6. The summed E-state index contributed by atoms with van der Waals surface area (Å²) in [6.45, 7) is 4.24. The minimum absolute atomic E-state index is 0. The summed E-state index contributed by atoms with van der Waals surface area (Å²) < 4.78 is 13.2. The van der Waals surface area contributed by atoms with E-state index in [-0.39, 0.29) is 41.6 Å². The number of hydrogen-bond acceptors (Lipinski definition) is 3. The van der Waals surface area contributed by atoms with Crippen molar-refractivity contribution in [2.45, 2.75) is 25.7 Å². The van der Waals surface area contributed by atoms with Gasteiger partial charge >= 0.3 is 0 Å². The number of nitrogens with two attached hydrogens (primary N) is 1. The van der Waals surface area contributed by atoms with Gasteiger partial charge < -0.3 is 21.3 Å². The minimum Gasteiger partial charge on any atom is -0.369 e. The average molecular weight is 491 g/mol. The fraction of sp³-hybridized carbons (Fsp3) is 0.579. The highest BCUT2D eigenvalue weighted by Crippen LogP contribution is 2.15. The van der Waals surface area contributed by atoms with Crippen LogP contribution in [0.2, 0.25) is 0 Å². The molecule has 1 aliphatic heterocycles. The van der Waals surface area contributed by atoms with Crippen LogP contribution in [0.3, 0.4) is 0 Å². The molecule has 152 valence electrons. The van der Waals surface area contributed by atoms with Gasteiger partial charge in [-0.25, -0.2) is 4.39 Å². The lowest BCUT2D eigenvalue weighted by atomic mass is 9.97. The number of carbonyl (C=O) groups is 1. The fourth-order valence-electron chi connectivity index (χ4n) is 3.24. The quantitative estimate of drug-likeness (QED) is 0.224. The van der Waals surface area contributed by atoms with Gasteiger partial charge in [0.15, 0.2) is 5.96 Å². The SMILES string of the molecule is CN=C(NCCCN1CCCC(C(N)=O)C1)NCCc1cccc(F)c1.I. The van der Waals surface area contributed by atoms with E-state index < -0.39 is 0 Å². The normalized spacial score (nSPS) is 17.9. The second-order valence-corrected chi connectivity index (χ2v) is 6.70. The summed E-state index contributed by atoms with van der Waals surface area (Å²) in [7, 11) is 1.74. The Morgan fingerprint density at radius 3 is 2.85 bits per heavy atom. The Kier molecular flexibility index (Phi) is 11.3. The van der Waals surface area contributed by atoms with Gasteiger partial charge in [0.2, 0.25) is 5.91 Å². The molecule has 1 aromatic carbocycles. The van der Waals surface area contributed by atoms with Gasteiger partial charge in [-0.1, -0.05) is 12.1 Å². The predicted octanol–water partition coefficient (Wildman–Crippen LogP) is 1.74. The van der Waals surface area contributed by atoms with E-state index in [2.05, 4.69) is 20.5 Å². The van der Waals surface area contributed by atoms with E-state index in [1.54, 1.807) is 19.2 Å². The summed E-state index contributed by atoms with van der Waals surface area (Å²) >= 11 is 0. The van der Waals surface area contributed by atoms with E-state index in [0.717, 1.165) is 63.4 Å². The Labute approximate surface area is 178 Å². The average Bonchev–Trinajstić information content (AvgIpc) is 2.64. The van der Waals surface area contributed by atoms with Gasteiger partial charge in [-0.2, -0.15) is 0 Å². The number of likely N-dealkylation sites (tertiary alicyclic amines) is 1. The highest BCUT2D eigenvalue weighted by molar-refractivity contribution is 14.0. The maximum atomic E-state index is 13.2. The van der Waals surface area contributed by atoms with Crippen molar-refractivity contribution in [1.82, 2.24) is 15.5 Å². The summed E-state index contributed by atoms with van der Waals surface area (Å²) in [4.78, 5) is 17.8. The maximum absolute atomic E-state index is 13.2. The van der Waals surface area contributed by atoms with E-state index in [9.17, 15) is 9.18 Å². The molecule has 0 radical (unpaired) electrons. The van der Waals surface area contributed by atoms with E-state index >= 15 is 0 Å². The van der Waals surface area contributed by atoms with Crippen molar-refractivity contribution in [2.24, 2.45) is 16.6 Å². The number of benzene rings is 1. The maximum Gasteiger partial charge on any atom is 0.221 e. The van der Waals surface area contributed by atoms with Crippen LogP contribution >= 0.6 is 24.0 Å². The largest absolute Gasteiger partial charge is 0.369 e. The smallest absolute Gasteiger partial charge is 0.221 e. The van der Waals surface area contributed by atoms with Crippen LogP contribution < -0.4 is 16.4 Å². The van der Waals surface area contributed by atoms with Crippen LogP contribution in [0.15, 0.2) is 29.3 Å². The molecule has 1 aromatic rings. The summed E-state index contributed by atoms with van der Waals surface area (Å²) in [6.07, 6.45) is 3.65. The summed E-state index contributed by atoms with van der Waals surface area (Å²) in [6, 6.07) is 6.64. The Balaban J connectivity index is 0.00000364. The molecule has 0 aromatic heterocycles. The monoisotopic (exact) mass is 491 g/mol. The third-order valence-corrected chi connectivity index (χ3v) is 4.67. The highest BCUT2D eigenvalue weighted by atomic mass is 127. The lowest BCUT2D eigenvalue weighted by molar-refractivity contribution is -0.123. The van der Waals surface area contributed by atoms with E-state index in [0.29, 0.717) is 6.54 Å². The van der Waals surface area contributed by atoms with Crippen molar-refractivity contribution in [2.75, 3.05) is 39.8 Å². The van der Waals surface area contributed by atoms with E-state index in [4.69, 9.17) is 5.73 Å². The number of nitrogens with zero attached hydrogens (tertiary/aromatic N) is 2. The van der Waals surface area contributed by atoms with Gasteiger partial charge in [0.1, 0.15) is 5.82 Å². The molecule has 6 nitrogen and oxygen atoms in total. The zero-order valence-corrected chi connectivity index (χ0v) is 18.2. The Hall–Kier alpha value is -1.42. The third-order valence-electron chi connectivity index (χ3n) is 4.67. The van der Waals surface area contributed by atoms with Crippen molar-refractivity contribution in [3.8, 4) is 0 Å². The van der Waals surface area contributed by atoms with Crippen molar-refractivity contribution < 1.29 is 9.18 Å². The standard InChI is InChI=1S/C19H30FN5O.HI/c1-22-19(24-10-8-15-5-2-7-17(20)13-15)23-9-4-12-25-11-3-6-16(14-25)18(21)26;/h2,5,7,13,16H,3-4,6,8-12,14H2,1H3,(H2,21,26)(H2,22,23,24);1H. The van der Waals surface area contributed by atoms with Crippen molar-refractivity contribution in [1.29, 1.82) is 0 Å². The number of halogens is 2. The second-order valence-electron chi connectivity index (χ2n) is 6.70. The number of hydrogen-bond donors (Lipinski definition) is 3. The van der Waals surface area contributed by atoms with E-state index in [1.807, 2.05) is 6.07 Å². The van der Waals surface area contributed by atoms with Crippen LogP contribution in [0.25, 0.3) is 0 Å². The molecule has 0 saturated carbocycles. The molecule has 2 rings (SSSR count). The van der Waals surface area contributed by atoms with Crippen LogP contribution in [-0.4, -0.2) is 56.5 Å². The van der Waals surface area contributed by atoms with Gasteiger partial charge in [-0.3, -0.25) is 9.79 Å². The second kappa shape index (κ2) is 12.9. The Bertz CT molecular complexity index is 614. The van der Waals surface area contributed by atoms with Gasteiger partial charge in [-0.05, 0) is 56.5 Å². The van der Waals surface area contributed by atoms with Gasteiger partial charge in [0.25, 0.3) is 0 Å². The molecule has 0 aliphatic carbocycles. The number of nitrogens with one attached hydrogen (secondary N) is 2. The number of guanidine groups is 1.